The number of hydrogen-bond donors (Lipinski definition) is 0. The van der Waals surface area contributed by atoms with Crippen LogP contribution in [0.15, 0.2) is 36.5 Å². The maximum Gasteiger partial charge on any atom is 0.255 e. The molecule has 0 aliphatic carbocycles. The molecule has 0 aliphatic rings. The number of benzene rings is 1. The van der Waals surface area contributed by atoms with E-state index in [1.165, 1.54) is 17.8 Å². The number of aryl methyl sites for hydroxylation is 1. The van der Waals surface area contributed by atoms with Gasteiger partial charge in [0.1, 0.15) is 5.75 Å². The number of rotatable bonds is 5. The predicted octanol–water partition coefficient (Wildman–Crippen LogP) is 5.01. The Morgan fingerprint density at radius 3 is 2.63 bits per heavy atom. The molecule has 0 bridgehead atoms. The number of hydrogen-bond acceptors (Lipinski definition) is 2. The van der Waals surface area contributed by atoms with Crippen LogP contribution in [0.25, 0.3) is 0 Å². The first kappa shape index (κ1) is 13.8. The zero-order valence-electron chi connectivity index (χ0n) is 10.7. The van der Waals surface area contributed by atoms with Crippen molar-refractivity contribution < 1.29 is 9.13 Å². The van der Waals surface area contributed by atoms with Gasteiger partial charge in [-0.05, 0) is 36.6 Å². The third-order valence-electron chi connectivity index (χ3n) is 2.73. The lowest BCUT2D eigenvalue weighted by Crippen LogP contribution is -1.92. The van der Waals surface area contributed by atoms with Crippen LogP contribution >= 0.6 is 11.6 Å². The average molecular weight is 280 g/mol. The SMILES string of the molecule is CCCCc1ccc(Oc2ncc(Cl)cc2F)cc1. The van der Waals surface area contributed by atoms with E-state index in [0.29, 0.717) is 5.75 Å². The first-order chi connectivity index (χ1) is 9.19. The molecule has 2 rings (SSSR count). The summed E-state index contributed by atoms with van der Waals surface area (Å²) in [6.45, 7) is 2.16. The van der Waals surface area contributed by atoms with Gasteiger partial charge in [-0.25, -0.2) is 9.37 Å². The predicted molar refractivity (Wildman–Crippen MR) is 74.3 cm³/mol. The van der Waals surface area contributed by atoms with Crippen LogP contribution in [0, 0.1) is 5.82 Å². The summed E-state index contributed by atoms with van der Waals surface area (Å²) in [4.78, 5) is 3.82. The fourth-order valence-corrected chi connectivity index (χ4v) is 1.84. The van der Waals surface area contributed by atoms with Crippen molar-refractivity contribution in [3.63, 3.8) is 0 Å². The molecule has 0 unspecified atom stereocenters. The molecule has 0 atom stereocenters. The first-order valence-electron chi connectivity index (χ1n) is 6.27. The molecule has 0 amide bonds. The van der Waals surface area contributed by atoms with Crippen molar-refractivity contribution in [1.82, 2.24) is 4.98 Å². The third-order valence-corrected chi connectivity index (χ3v) is 2.94. The van der Waals surface area contributed by atoms with Gasteiger partial charge in [-0.15, -0.1) is 0 Å². The van der Waals surface area contributed by atoms with Gasteiger partial charge in [-0.2, -0.15) is 0 Å². The molecule has 0 N–H and O–H groups in total. The van der Waals surface area contributed by atoms with Gasteiger partial charge in [-0.3, -0.25) is 0 Å². The van der Waals surface area contributed by atoms with E-state index in [1.54, 1.807) is 0 Å². The highest BCUT2D eigenvalue weighted by Crippen LogP contribution is 2.24. The molecule has 0 aliphatic heterocycles. The first-order valence-corrected chi connectivity index (χ1v) is 6.64. The number of unbranched alkanes of at least 4 members (excludes halogenated alkanes) is 1. The number of halogens is 2. The van der Waals surface area contributed by atoms with E-state index in [0.717, 1.165) is 19.3 Å². The summed E-state index contributed by atoms with van der Waals surface area (Å²) in [5.41, 5.74) is 1.25. The average Bonchev–Trinajstić information content (AvgIpc) is 2.41. The Kier molecular flexibility index (Phi) is 4.74. The van der Waals surface area contributed by atoms with Gasteiger partial charge >= 0.3 is 0 Å². The minimum Gasteiger partial charge on any atom is -0.436 e. The fourth-order valence-electron chi connectivity index (χ4n) is 1.69. The summed E-state index contributed by atoms with van der Waals surface area (Å²) >= 11 is 5.63. The number of nitrogens with zero attached hydrogens (tertiary/aromatic N) is 1. The smallest absolute Gasteiger partial charge is 0.255 e. The van der Waals surface area contributed by atoms with Crippen LogP contribution < -0.4 is 4.74 Å². The highest BCUT2D eigenvalue weighted by molar-refractivity contribution is 6.30. The lowest BCUT2D eigenvalue weighted by Gasteiger charge is -2.06. The summed E-state index contributed by atoms with van der Waals surface area (Å²) in [5.74, 6) is -0.0674. The lowest BCUT2D eigenvalue weighted by molar-refractivity contribution is 0.422. The molecule has 100 valence electrons. The molecule has 1 aromatic carbocycles. The summed E-state index contributed by atoms with van der Waals surface area (Å²) in [5, 5.41) is 0.250. The molecular formula is C15H15ClFNO. The standard InChI is InChI=1S/C15H15ClFNO/c1-2-3-4-11-5-7-13(8-6-11)19-15-14(17)9-12(16)10-18-15/h5-10H,2-4H2,1H3. The van der Waals surface area contributed by atoms with Crippen molar-refractivity contribution in [1.29, 1.82) is 0 Å². The van der Waals surface area contributed by atoms with Gasteiger partial charge in [-0.1, -0.05) is 37.1 Å². The van der Waals surface area contributed by atoms with E-state index in [2.05, 4.69) is 11.9 Å². The van der Waals surface area contributed by atoms with Crippen molar-refractivity contribution in [2.75, 3.05) is 0 Å². The van der Waals surface area contributed by atoms with Crippen molar-refractivity contribution in [2.45, 2.75) is 26.2 Å². The topological polar surface area (TPSA) is 22.1 Å². The fraction of sp³-hybridized carbons (Fsp3) is 0.267. The Hall–Kier alpha value is -1.61. The summed E-state index contributed by atoms with van der Waals surface area (Å²) in [6.07, 6.45) is 4.73. The molecule has 2 aromatic rings. The Balaban J connectivity index is 2.06. The van der Waals surface area contributed by atoms with Crippen LogP contribution in [0.3, 0.4) is 0 Å². The van der Waals surface area contributed by atoms with Crippen molar-refractivity contribution >= 4 is 11.6 Å². The van der Waals surface area contributed by atoms with Gasteiger partial charge in [0, 0.05) is 6.20 Å². The molecule has 0 saturated carbocycles. The number of pyridine rings is 1. The van der Waals surface area contributed by atoms with Crippen LogP contribution in [-0.4, -0.2) is 4.98 Å². The van der Waals surface area contributed by atoms with E-state index in [4.69, 9.17) is 16.3 Å². The Morgan fingerprint density at radius 1 is 1.26 bits per heavy atom. The van der Waals surface area contributed by atoms with Crippen LogP contribution in [-0.2, 0) is 6.42 Å². The van der Waals surface area contributed by atoms with Gasteiger partial charge in [0.25, 0.3) is 5.88 Å². The zero-order chi connectivity index (χ0) is 13.7. The third kappa shape index (κ3) is 3.93. The molecule has 2 nitrogen and oxygen atoms in total. The Labute approximate surface area is 117 Å². The molecule has 0 spiro atoms. The minimum absolute atomic E-state index is 0.0642. The van der Waals surface area contributed by atoms with E-state index in [1.807, 2.05) is 24.3 Å². The quantitative estimate of drug-likeness (QED) is 0.767. The summed E-state index contributed by atoms with van der Waals surface area (Å²) in [7, 11) is 0. The van der Waals surface area contributed by atoms with Crippen LogP contribution in [0.2, 0.25) is 5.02 Å². The normalized spacial score (nSPS) is 10.5. The van der Waals surface area contributed by atoms with E-state index in [9.17, 15) is 4.39 Å². The molecule has 1 aromatic heterocycles. The zero-order valence-corrected chi connectivity index (χ0v) is 11.5. The molecule has 0 fully saturated rings. The lowest BCUT2D eigenvalue weighted by atomic mass is 10.1. The van der Waals surface area contributed by atoms with Crippen molar-refractivity contribution in [3.8, 4) is 11.6 Å². The second kappa shape index (κ2) is 6.53. The van der Waals surface area contributed by atoms with Gasteiger partial charge < -0.3 is 4.74 Å². The van der Waals surface area contributed by atoms with Gasteiger partial charge in [0.05, 0.1) is 5.02 Å². The highest BCUT2D eigenvalue weighted by Gasteiger charge is 2.07. The summed E-state index contributed by atoms with van der Waals surface area (Å²) < 4.78 is 18.9. The maximum atomic E-state index is 13.5. The van der Waals surface area contributed by atoms with Crippen LogP contribution in [0.5, 0.6) is 11.6 Å². The monoisotopic (exact) mass is 279 g/mol. The Morgan fingerprint density at radius 2 is 2.00 bits per heavy atom. The van der Waals surface area contributed by atoms with Crippen LogP contribution in [0.4, 0.5) is 4.39 Å². The number of aromatic nitrogens is 1. The van der Waals surface area contributed by atoms with Crippen molar-refractivity contribution in [3.05, 3.63) is 52.9 Å². The van der Waals surface area contributed by atoms with Gasteiger partial charge in [0.2, 0.25) is 0 Å². The Bertz CT molecular complexity index is 542. The minimum atomic E-state index is -0.567. The van der Waals surface area contributed by atoms with Crippen LogP contribution in [0.1, 0.15) is 25.3 Å². The molecule has 1 heterocycles. The van der Waals surface area contributed by atoms with Gasteiger partial charge in [0.15, 0.2) is 5.82 Å². The molecule has 0 saturated heterocycles. The highest BCUT2D eigenvalue weighted by atomic mass is 35.5. The van der Waals surface area contributed by atoms with Crippen molar-refractivity contribution in [2.24, 2.45) is 0 Å². The second-order valence-corrected chi connectivity index (χ2v) is 4.73. The molecular weight excluding hydrogens is 265 g/mol. The van der Waals surface area contributed by atoms with E-state index >= 15 is 0 Å². The van der Waals surface area contributed by atoms with E-state index < -0.39 is 5.82 Å². The molecule has 4 heteroatoms. The molecule has 19 heavy (non-hydrogen) atoms. The summed E-state index contributed by atoms with van der Waals surface area (Å²) in [6, 6.07) is 8.79. The molecule has 0 radical (unpaired) electrons. The van der Waals surface area contributed by atoms with E-state index in [-0.39, 0.29) is 10.9 Å². The maximum absolute atomic E-state index is 13.5. The largest absolute Gasteiger partial charge is 0.436 e. The second-order valence-electron chi connectivity index (χ2n) is 4.29. The number of ether oxygens (including phenoxy) is 1.